The minimum atomic E-state index is -0.128. The quantitative estimate of drug-likeness (QED) is 0.172. The number of nitrogens with zero attached hydrogens (tertiary/aromatic N) is 4. The van der Waals surface area contributed by atoms with Crippen LogP contribution in [0.15, 0.2) is 128 Å². The molecule has 0 radical (unpaired) electrons. The minimum absolute atomic E-state index is 0.00213. The number of hydrogen-bond donors (Lipinski definition) is 0. The van der Waals surface area contributed by atoms with Crippen LogP contribution in [0, 0.1) is 17.7 Å². The number of hydrogen-bond acceptors (Lipinski definition) is 2. The molecule has 0 saturated heterocycles. The summed E-state index contributed by atoms with van der Waals surface area (Å²) >= 11 is 2.52. The van der Waals surface area contributed by atoms with Crippen LogP contribution in [0.25, 0.3) is 50.0 Å². The van der Waals surface area contributed by atoms with Crippen LogP contribution < -0.4 is 4.74 Å². The van der Waals surface area contributed by atoms with Crippen molar-refractivity contribution >= 4 is 27.3 Å². The Balaban J connectivity index is 1.05. The summed E-state index contributed by atoms with van der Waals surface area (Å²) in [4.78, 5) is 5.27. The number of pyridine rings is 2. The second kappa shape index (κ2) is 16.2. The van der Waals surface area contributed by atoms with Gasteiger partial charge >= 0.3 is 261 Å². The van der Waals surface area contributed by atoms with Gasteiger partial charge in [0, 0.05) is 11.8 Å². The van der Waals surface area contributed by atoms with Gasteiger partial charge in [-0.3, -0.25) is 0 Å². The van der Waals surface area contributed by atoms with Crippen molar-refractivity contribution < 1.29 is 24.1 Å². The molecule has 5 aromatic carbocycles. The average molecular weight is 1050 g/mol. The molecule has 0 unspecified atom stereocenters. The van der Waals surface area contributed by atoms with Crippen LogP contribution >= 0.6 is 0 Å². The van der Waals surface area contributed by atoms with Crippen LogP contribution in [0.5, 0.6) is 11.5 Å². The average Bonchev–Trinajstić information content (AvgIpc) is 3.79. The van der Waals surface area contributed by atoms with Gasteiger partial charge in [0.25, 0.3) is 0 Å². The Morgan fingerprint density at radius 3 is 1.91 bits per heavy atom. The second-order valence-electron chi connectivity index (χ2n) is 21.7. The molecular weight excluding hydrogens is 988 g/mol. The Morgan fingerprint density at radius 1 is 0.561 bits per heavy atom. The molecule has 0 N–H and O–H groups in total. The predicted octanol–water partition coefficient (Wildman–Crippen LogP) is 15.2. The Kier molecular flexibility index (Phi) is 10.8. The van der Waals surface area contributed by atoms with E-state index in [1.165, 1.54) is 72.1 Å². The van der Waals surface area contributed by atoms with E-state index in [1.807, 2.05) is 0 Å². The number of rotatable bonds is 5. The molecule has 0 amide bonds. The van der Waals surface area contributed by atoms with Crippen LogP contribution in [-0.4, -0.2) is 18.5 Å². The summed E-state index contributed by atoms with van der Waals surface area (Å²) in [5.74, 6) is 2.46. The third-order valence-electron chi connectivity index (χ3n) is 14.2. The molecule has 6 heterocycles. The van der Waals surface area contributed by atoms with Crippen molar-refractivity contribution in [2.24, 2.45) is 0 Å². The molecule has 4 aromatic heterocycles. The van der Waals surface area contributed by atoms with Gasteiger partial charge in [-0.1, -0.05) is 92.6 Å². The van der Waals surface area contributed by atoms with E-state index in [4.69, 9.17) is 9.72 Å². The zero-order valence-electron chi connectivity index (χ0n) is 40.5. The molecule has 2 aliphatic heterocycles. The van der Waals surface area contributed by atoms with Gasteiger partial charge in [-0.25, -0.2) is 0 Å². The van der Waals surface area contributed by atoms with Gasteiger partial charge in [-0.15, -0.1) is 0 Å². The van der Waals surface area contributed by atoms with Crippen LogP contribution in [0.4, 0.5) is 0 Å². The monoisotopic (exact) mass is 1050 g/mol. The van der Waals surface area contributed by atoms with Crippen molar-refractivity contribution in [1.29, 1.82) is 0 Å². The van der Waals surface area contributed by atoms with Gasteiger partial charge in [-0.05, 0) is 38.5 Å². The molecule has 2 aliphatic carbocycles. The van der Waals surface area contributed by atoms with Gasteiger partial charge < -0.3 is 0 Å². The first kappa shape index (κ1) is 44.1. The van der Waals surface area contributed by atoms with E-state index in [0.717, 1.165) is 69.1 Å². The number of benzene rings is 5. The first-order valence-electron chi connectivity index (χ1n) is 23.6. The molecule has 0 spiro atoms. The summed E-state index contributed by atoms with van der Waals surface area (Å²) in [7, 11) is 0. The fourth-order valence-electron chi connectivity index (χ4n) is 10.0. The van der Waals surface area contributed by atoms with Crippen molar-refractivity contribution in [2.45, 2.75) is 118 Å². The van der Waals surface area contributed by atoms with E-state index in [2.05, 4.69) is 237 Å². The van der Waals surface area contributed by atoms with Crippen LogP contribution in [-0.2, 0) is 61.3 Å². The van der Waals surface area contributed by atoms with E-state index < -0.39 is 0 Å². The van der Waals surface area contributed by atoms with Crippen LogP contribution in [0.1, 0.15) is 113 Å². The number of aromatic nitrogens is 4. The number of ether oxygens (including phenoxy) is 1. The zero-order valence-corrected chi connectivity index (χ0v) is 42.7. The summed E-state index contributed by atoms with van der Waals surface area (Å²) in [6, 6.07) is 42.8. The third kappa shape index (κ3) is 7.91. The molecule has 0 saturated carbocycles. The van der Waals surface area contributed by atoms with Gasteiger partial charge in [0.05, 0.1) is 0 Å². The Labute approximate surface area is 401 Å². The van der Waals surface area contributed by atoms with Gasteiger partial charge in [0.1, 0.15) is 0 Å². The van der Waals surface area contributed by atoms with Crippen molar-refractivity contribution in [3.8, 4) is 34.1 Å². The first-order valence-corrected chi connectivity index (χ1v) is 24.7. The van der Waals surface area contributed by atoms with Crippen molar-refractivity contribution in [2.75, 3.05) is 0 Å². The SMILES string of the molecule is Cc1c2ccc(c1C)CCc1ccc(c3cn(-c4cccc(Oc5ccc6c7cc(C(C)(C)C)ccc7n(-c7cc(C(C)(C)C)c(-c8ccc(C(C)(C)C)cc8)cn7)c6c5)c4)[c](=[Pt])n13)CC2. The Morgan fingerprint density at radius 2 is 1.21 bits per heavy atom. The summed E-state index contributed by atoms with van der Waals surface area (Å²) in [6.07, 6.45) is 8.43. The molecule has 4 aliphatic rings. The zero-order chi connectivity index (χ0) is 46.4. The van der Waals surface area contributed by atoms with E-state index in [-0.39, 0.29) is 16.2 Å². The topological polar surface area (TPSA) is 36.4 Å². The molecule has 0 atom stereocenters. The summed E-state index contributed by atoms with van der Waals surface area (Å²) < 4.78 is 15.2. The van der Waals surface area contributed by atoms with Gasteiger partial charge in [-0.2, -0.15) is 0 Å². The second-order valence-corrected chi connectivity index (χ2v) is 22.7. The summed E-state index contributed by atoms with van der Waals surface area (Å²) in [5.41, 5.74) is 19.2. The van der Waals surface area contributed by atoms with Crippen LogP contribution in [0.2, 0.25) is 0 Å². The molecule has 13 rings (SSSR count). The molecule has 6 heteroatoms. The summed E-state index contributed by atoms with van der Waals surface area (Å²) in [6.45, 7) is 25.1. The van der Waals surface area contributed by atoms with E-state index >= 15 is 0 Å². The first-order chi connectivity index (χ1) is 31.3. The molecule has 5 nitrogen and oxygen atoms in total. The Hall–Kier alpha value is -5.77. The van der Waals surface area contributed by atoms with Crippen LogP contribution in [0.3, 0.4) is 0 Å². The maximum atomic E-state index is 6.85. The molecule has 66 heavy (non-hydrogen) atoms. The molecule has 338 valence electrons. The third-order valence-corrected chi connectivity index (χ3v) is 15.2. The predicted molar refractivity (Wildman–Crippen MR) is 271 cm³/mol. The molecule has 4 bridgehead atoms. The van der Waals surface area contributed by atoms with E-state index in [0.29, 0.717) is 0 Å². The summed E-state index contributed by atoms with van der Waals surface area (Å²) in [5, 5.41) is 2.38. The fraction of sp³-hybridized carbons (Fsp3) is 0.300. The van der Waals surface area contributed by atoms with E-state index in [1.54, 1.807) is 0 Å². The normalized spacial score (nSPS) is 13.5. The number of imidazole rings is 1. The van der Waals surface area contributed by atoms with Gasteiger partial charge in [0.15, 0.2) is 0 Å². The maximum absolute atomic E-state index is 6.85. The van der Waals surface area contributed by atoms with Crippen molar-refractivity contribution in [3.63, 3.8) is 0 Å². The Bertz CT molecular complexity index is 3430. The number of fused-ring (bicyclic) bond motifs is 3. The fourth-order valence-corrected chi connectivity index (χ4v) is 11.1. The molecule has 9 aromatic rings. The van der Waals surface area contributed by atoms with Gasteiger partial charge in [0.2, 0.25) is 0 Å². The number of aryl methyl sites for hydroxylation is 4. The van der Waals surface area contributed by atoms with Crippen molar-refractivity contribution in [1.82, 2.24) is 18.5 Å². The molecule has 0 fully saturated rings. The molecular formula is C60H62N4OPt. The standard InChI is InChI=1S/C60H62N4O.Pt/c1-38-39(2)41-16-15-40(38)17-18-43-22-27-46(26-21-41)63-37-62(36-56(43)63)47-13-12-14-48(32-47)65-49-28-29-50-51-31-45(59(6,7)8)25-30-54(51)64(55(50)33-49)57-34-53(60(9,10)11)52(35-61-57)42-19-23-44(24-20-42)58(3,4)5;/h12-16,19-20,22-25,27-36H,17-18,21,26H2,1-11H3;. The van der Waals surface area contributed by atoms with E-state index in [9.17, 15) is 0 Å². The van der Waals surface area contributed by atoms with Crippen molar-refractivity contribution in [3.05, 3.63) is 182 Å².